The maximum absolute atomic E-state index is 13.0. The van der Waals surface area contributed by atoms with Gasteiger partial charge in [-0.15, -0.1) is 0 Å². The Bertz CT molecular complexity index is 2690. The second-order valence-corrected chi connectivity index (χ2v) is 26.9. The number of phosphoric ester groups is 2. The van der Waals surface area contributed by atoms with Crippen molar-refractivity contribution >= 4 is 56.8 Å². The fourth-order valence-electron chi connectivity index (χ4n) is 9.46. The quantitative estimate of drug-likeness (QED) is 0.00566. The highest BCUT2D eigenvalue weighted by Gasteiger charge is 2.27. The van der Waals surface area contributed by atoms with Crippen LogP contribution in [0, 0.1) is 59.2 Å². The number of carbonyl (C=O) groups is 7. The average Bonchev–Trinajstić information content (AvgIpc) is 1.00. The summed E-state index contributed by atoms with van der Waals surface area (Å²) in [6.07, 6.45) is 31.0. The monoisotopic (exact) mass is 1420 g/mol. The summed E-state index contributed by atoms with van der Waals surface area (Å²) in [5.41, 5.74) is 0. The second-order valence-electron chi connectivity index (χ2n) is 24.0. The second kappa shape index (κ2) is 64.7. The third kappa shape index (κ3) is 62.6. The molecule has 0 aromatic heterocycles. The third-order valence-electron chi connectivity index (χ3n) is 14.8. The lowest BCUT2D eigenvalue weighted by Gasteiger charge is -2.22. The van der Waals surface area contributed by atoms with Gasteiger partial charge in [0.25, 0.3) is 0 Å². The van der Waals surface area contributed by atoms with E-state index in [1.807, 2.05) is 0 Å². The van der Waals surface area contributed by atoms with Crippen LogP contribution < -0.4 is 21.3 Å². The Morgan fingerprint density at radius 3 is 1.40 bits per heavy atom. The lowest BCUT2D eigenvalue weighted by molar-refractivity contribution is -0.150. The SMILES string of the molecule is CC#CC#CC#CC#CC#CC(=O)CC(=O)NC(COCC[C@@H](CCCCCCC)OC(=O)CCCC=CCCCCCC)COP(=O)(O)OCCNC(=O)CC(=O)NCCOP(=O)(O)OCC(COCC[C@H](O)CCCCCCC)NC(=O)CC(=O)CCCCCCCCCCC. The topological polar surface area (TPSA) is 327 Å². The minimum atomic E-state index is -4.87. The van der Waals surface area contributed by atoms with Gasteiger partial charge in [0, 0.05) is 39.0 Å². The van der Waals surface area contributed by atoms with E-state index in [0.29, 0.717) is 38.5 Å². The van der Waals surface area contributed by atoms with Crippen molar-refractivity contribution in [3.8, 4) is 59.2 Å². The number of ketones is 2. The highest BCUT2D eigenvalue weighted by molar-refractivity contribution is 7.47. The third-order valence-corrected chi connectivity index (χ3v) is 16.8. The first-order valence-electron chi connectivity index (χ1n) is 35.8. The van der Waals surface area contributed by atoms with Crippen LogP contribution in [-0.2, 0) is 75.0 Å². The number of unbranched alkanes of at least 4 members (excludes halogenated alkanes) is 21. The summed E-state index contributed by atoms with van der Waals surface area (Å²) < 4.78 is 63.8. The Morgan fingerprint density at radius 2 is 0.878 bits per heavy atom. The van der Waals surface area contributed by atoms with Crippen LogP contribution in [0.3, 0.4) is 0 Å². The summed E-state index contributed by atoms with van der Waals surface area (Å²) in [4.78, 5) is 110. The molecule has 98 heavy (non-hydrogen) atoms. The van der Waals surface area contributed by atoms with E-state index in [-0.39, 0.29) is 70.5 Å². The van der Waals surface area contributed by atoms with E-state index in [1.54, 1.807) is 6.92 Å². The van der Waals surface area contributed by atoms with Crippen molar-refractivity contribution < 1.29 is 89.9 Å². The molecule has 554 valence electrons. The molecule has 0 aromatic rings. The van der Waals surface area contributed by atoms with E-state index in [4.69, 9.17) is 32.3 Å². The molecule has 4 unspecified atom stereocenters. The van der Waals surface area contributed by atoms with Crippen LogP contribution >= 0.6 is 15.6 Å². The number of amides is 4. The van der Waals surface area contributed by atoms with E-state index in [1.165, 1.54) is 44.9 Å². The first-order chi connectivity index (χ1) is 47.3. The summed E-state index contributed by atoms with van der Waals surface area (Å²) in [6.45, 7) is 7.03. The number of carbonyl (C=O) groups excluding carboxylic acids is 7. The van der Waals surface area contributed by atoms with Crippen LogP contribution in [0.1, 0.15) is 259 Å². The normalized spacial score (nSPS) is 13.3. The van der Waals surface area contributed by atoms with Crippen molar-refractivity contribution in [2.45, 2.75) is 284 Å². The molecule has 6 atom stereocenters. The van der Waals surface area contributed by atoms with Gasteiger partial charge in [-0.05, 0) is 118 Å². The van der Waals surface area contributed by atoms with E-state index in [2.05, 4.69) is 120 Å². The maximum Gasteiger partial charge on any atom is 0.472 e. The van der Waals surface area contributed by atoms with Gasteiger partial charge in [0.15, 0.2) is 0 Å². The molecule has 0 aliphatic heterocycles. The molecule has 0 aliphatic carbocycles. The van der Waals surface area contributed by atoms with E-state index in [9.17, 15) is 57.6 Å². The van der Waals surface area contributed by atoms with Gasteiger partial charge < -0.3 is 50.4 Å². The Labute approximate surface area is 586 Å². The first kappa shape index (κ1) is 92.3. The number of ether oxygens (including phenoxy) is 3. The van der Waals surface area contributed by atoms with Crippen LogP contribution in [0.2, 0.25) is 0 Å². The van der Waals surface area contributed by atoms with Crippen molar-refractivity contribution in [2.24, 2.45) is 0 Å². The van der Waals surface area contributed by atoms with Crippen molar-refractivity contribution in [1.29, 1.82) is 0 Å². The molecule has 25 heteroatoms. The molecule has 23 nitrogen and oxygen atoms in total. The Hall–Kier alpha value is -5.67. The standard InChI is InChI=1S/C73H118N4O19P2/c1-6-11-16-21-24-27-30-35-39-44-66(79)56-71(83)76-63(59-90-52-48-65(78)43-38-33-19-14-9-4)61-94-97(86,87)92-54-50-74-69(81)58-70(82)75-51-55-93-98(88,89)95-62-64(77-72(84)57-67(80)45-40-36-31-28-25-22-17-12-7-2)60-91-53-49-68(46-41-34-20-15-10-5)96-73(85)47-42-37-32-29-26-23-18-13-8-3/h29,32,63-65,68,78H,6,8-11,13-16,18-21,23-24,26-27,30,33-35,37-39,41-44,46-62H2,1-5H3,(H,74,81)(H,75,82)(H,76,83)(H,77,84)(H,86,87)(H,88,89)/t63?,64?,65-,68-/m1/s1. The number of hydrogen-bond acceptors (Lipinski definition) is 17. The number of hydrogen-bond donors (Lipinski definition) is 7. The lowest BCUT2D eigenvalue weighted by atomic mass is 10.0. The van der Waals surface area contributed by atoms with Crippen LogP contribution in [0.5, 0.6) is 0 Å². The van der Waals surface area contributed by atoms with Crippen LogP contribution in [0.25, 0.3) is 0 Å². The zero-order chi connectivity index (χ0) is 72.4. The molecule has 0 saturated carbocycles. The summed E-state index contributed by atoms with van der Waals surface area (Å²) in [5, 5.41) is 20.3. The highest BCUT2D eigenvalue weighted by atomic mass is 31.2. The molecule has 0 radical (unpaired) electrons. The van der Waals surface area contributed by atoms with Crippen molar-refractivity contribution in [3.63, 3.8) is 0 Å². The summed E-state index contributed by atoms with van der Waals surface area (Å²) in [5.74, 6) is 19.9. The van der Waals surface area contributed by atoms with Gasteiger partial charge in [-0.3, -0.25) is 51.7 Å². The fraction of sp³-hybridized carbons (Fsp3) is 0.740. The zero-order valence-corrected chi connectivity index (χ0v) is 61.3. The van der Waals surface area contributed by atoms with Crippen LogP contribution in [0.4, 0.5) is 0 Å². The summed E-state index contributed by atoms with van der Waals surface area (Å²) in [7, 11) is -9.66. The van der Waals surface area contributed by atoms with E-state index in [0.717, 1.165) is 109 Å². The molecule has 0 aliphatic rings. The van der Waals surface area contributed by atoms with Gasteiger partial charge in [0.1, 0.15) is 18.3 Å². The Morgan fingerprint density at radius 1 is 0.439 bits per heavy atom. The smallest absolute Gasteiger partial charge is 0.462 e. The molecule has 0 fully saturated rings. The maximum atomic E-state index is 13.0. The van der Waals surface area contributed by atoms with Gasteiger partial charge in [-0.25, -0.2) is 9.13 Å². The van der Waals surface area contributed by atoms with Gasteiger partial charge in [-0.1, -0.05) is 174 Å². The van der Waals surface area contributed by atoms with Gasteiger partial charge in [0.05, 0.1) is 77.3 Å². The summed E-state index contributed by atoms with van der Waals surface area (Å²) in [6, 6.07) is -2.08. The molecule has 0 aromatic carbocycles. The summed E-state index contributed by atoms with van der Waals surface area (Å²) >= 11 is 0. The molecular formula is C73H118N4O19P2. The number of nitrogens with one attached hydrogen (secondary N) is 4. The largest absolute Gasteiger partial charge is 0.472 e. The average molecular weight is 1420 g/mol. The molecule has 0 rings (SSSR count). The van der Waals surface area contributed by atoms with Gasteiger partial charge in [0.2, 0.25) is 29.4 Å². The zero-order valence-electron chi connectivity index (χ0n) is 59.6. The fourth-order valence-corrected chi connectivity index (χ4v) is 11.0. The first-order valence-corrected chi connectivity index (χ1v) is 38.8. The lowest BCUT2D eigenvalue weighted by Crippen LogP contribution is -2.42. The Kier molecular flexibility index (Phi) is 60.9. The minimum absolute atomic E-state index is 0.0711. The van der Waals surface area contributed by atoms with Crippen LogP contribution in [-0.4, -0.2) is 146 Å². The predicted octanol–water partition coefficient (Wildman–Crippen LogP) is 11.2. The van der Waals surface area contributed by atoms with Crippen molar-refractivity contribution in [2.75, 3.05) is 65.9 Å². The van der Waals surface area contributed by atoms with Gasteiger partial charge >= 0.3 is 21.6 Å². The molecule has 4 amide bonds. The molecule has 0 saturated heterocycles. The predicted molar refractivity (Wildman–Crippen MR) is 379 cm³/mol. The molecule has 0 bridgehead atoms. The number of rotatable bonds is 64. The Balaban J connectivity index is 5.48. The molecule has 7 N–H and O–H groups in total. The number of allylic oxidation sites excluding steroid dienone is 2. The van der Waals surface area contributed by atoms with E-state index >= 15 is 0 Å². The van der Waals surface area contributed by atoms with Crippen molar-refractivity contribution in [1.82, 2.24) is 21.3 Å². The van der Waals surface area contributed by atoms with E-state index < -0.39 is 109 Å². The van der Waals surface area contributed by atoms with Crippen LogP contribution in [0.15, 0.2) is 12.2 Å². The molecule has 0 heterocycles. The number of aliphatic hydroxyl groups excluding tert-OH is 1. The molecular weight excluding hydrogens is 1300 g/mol. The molecule has 0 spiro atoms. The minimum Gasteiger partial charge on any atom is -0.462 e. The number of phosphoric acid groups is 2. The number of esters is 1. The van der Waals surface area contributed by atoms with Gasteiger partial charge in [-0.2, -0.15) is 0 Å². The number of Topliss-reactive ketones (excluding diaryl/α,β-unsaturated/α-hetero) is 2. The highest BCUT2D eigenvalue weighted by Crippen LogP contribution is 2.43. The number of aliphatic hydroxyl groups is 1. The van der Waals surface area contributed by atoms with Crippen molar-refractivity contribution in [3.05, 3.63) is 12.2 Å².